The van der Waals surface area contributed by atoms with E-state index in [1.807, 2.05) is 0 Å². The number of phenolic OH excluding ortho intramolecular Hbond substituents is 1. The quantitative estimate of drug-likeness (QED) is 0.644. The second-order valence-electron chi connectivity index (χ2n) is 3.35. The maximum Gasteiger partial charge on any atom is 0.413 e. The average molecular weight is 330 g/mol. The van der Waals surface area contributed by atoms with Crippen molar-refractivity contribution in [2.75, 3.05) is 13.7 Å². The van der Waals surface area contributed by atoms with Crippen molar-refractivity contribution in [1.29, 1.82) is 0 Å². The highest BCUT2D eigenvalue weighted by atomic mass is 79.9. The molecule has 0 aliphatic carbocycles. The van der Waals surface area contributed by atoms with Crippen molar-refractivity contribution in [2.24, 2.45) is 0 Å². The molecule has 0 saturated heterocycles. The van der Waals surface area contributed by atoms with Gasteiger partial charge in [-0.25, -0.2) is 0 Å². The molecule has 0 bridgehead atoms. The highest BCUT2D eigenvalue weighted by molar-refractivity contribution is 9.10. The Balaban J connectivity index is 2.55. The number of nitrogens with one attached hydrogen (secondary N) is 1. The van der Waals surface area contributed by atoms with Crippen LogP contribution in [0.3, 0.4) is 0 Å². The topological polar surface area (TPSA) is 50.7 Å². The molecule has 1 aromatic carbocycles. The summed E-state index contributed by atoms with van der Waals surface area (Å²) in [5, 5.41) is 9.53. The van der Waals surface area contributed by atoms with Gasteiger partial charge in [-0.2, -0.15) is 18.7 Å². The monoisotopic (exact) mass is 329 g/mol. The highest BCUT2D eigenvalue weighted by Crippen LogP contribution is 2.35. The van der Waals surface area contributed by atoms with Gasteiger partial charge in [-0.1, -0.05) is 0 Å². The first-order chi connectivity index (χ1) is 8.33. The molecule has 8 heteroatoms. The van der Waals surface area contributed by atoms with E-state index in [1.54, 1.807) is 6.07 Å². The highest BCUT2D eigenvalue weighted by Gasteiger charge is 2.27. The first-order valence-corrected chi connectivity index (χ1v) is 5.59. The molecular formula is C10H11BrF3NO3. The molecule has 102 valence electrons. The van der Waals surface area contributed by atoms with Gasteiger partial charge < -0.3 is 9.84 Å². The Hall–Kier alpha value is -0.990. The van der Waals surface area contributed by atoms with E-state index < -0.39 is 12.8 Å². The number of ether oxygens (including phenoxy) is 1. The predicted molar refractivity (Wildman–Crippen MR) is 61.2 cm³/mol. The number of alkyl halides is 3. The van der Waals surface area contributed by atoms with Crippen molar-refractivity contribution in [2.45, 2.75) is 12.7 Å². The van der Waals surface area contributed by atoms with E-state index in [2.05, 4.69) is 26.2 Å². The van der Waals surface area contributed by atoms with Gasteiger partial charge in [-0.3, -0.25) is 4.84 Å². The molecule has 0 heterocycles. The average Bonchev–Trinajstić information content (AvgIpc) is 2.27. The van der Waals surface area contributed by atoms with E-state index in [-0.39, 0.29) is 18.0 Å². The Morgan fingerprint density at radius 1 is 1.39 bits per heavy atom. The molecule has 4 nitrogen and oxygen atoms in total. The van der Waals surface area contributed by atoms with Crippen molar-refractivity contribution in [1.82, 2.24) is 5.48 Å². The summed E-state index contributed by atoms with van der Waals surface area (Å²) in [7, 11) is 1.37. The smallest absolute Gasteiger partial charge is 0.413 e. The lowest BCUT2D eigenvalue weighted by Gasteiger charge is -2.11. The summed E-state index contributed by atoms with van der Waals surface area (Å²) in [5.74, 6) is 0.148. The number of aromatic hydroxyl groups is 1. The number of methoxy groups -OCH3 is 1. The van der Waals surface area contributed by atoms with E-state index in [1.165, 1.54) is 13.2 Å². The first kappa shape index (κ1) is 15.1. The summed E-state index contributed by atoms with van der Waals surface area (Å²) in [6.45, 7) is -1.32. The van der Waals surface area contributed by atoms with Gasteiger partial charge in [-0.15, -0.1) is 0 Å². The molecule has 0 radical (unpaired) electrons. The zero-order valence-corrected chi connectivity index (χ0v) is 10.9. The Labute approximate surface area is 110 Å². The van der Waals surface area contributed by atoms with Crippen molar-refractivity contribution in [3.05, 3.63) is 22.2 Å². The van der Waals surface area contributed by atoms with Crippen LogP contribution in [-0.4, -0.2) is 25.0 Å². The van der Waals surface area contributed by atoms with E-state index in [4.69, 9.17) is 4.74 Å². The maximum atomic E-state index is 11.8. The third-order valence-corrected chi connectivity index (χ3v) is 2.53. The second kappa shape index (κ2) is 6.26. The minimum Gasteiger partial charge on any atom is -0.503 e. The molecule has 0 fully saturated rings. The number of rotatable bonds is 5. The number of hydrogen-bond donors (Lipinski definition) is 2. The Bertz CT molecular complexity index is 412. The van der Waals surface area contributed by atoms with Crippen LogP contribution in [0.15, 0.2) is 16.6 Å². The summed E-state index contributed by atoms with van der Waals surface area (Å²) < 4.78 is 40.7. The molecule has 0 spiro atoms. The molecule has 0 amide bonds. The van der Waals surface area contributed by atoms with Crippen LogP contribution in [0.2, 0.25) is 0 Å². The number of halogens is 4. The molecule has 1 aromatic rings. The molecule has 1 rings (SSSR count). The fourth-order valence-corrected chi connectivity index (χ4v) is 1.64. The van der Waals surface area contributed by atoms with E-state index in [0.29, 0.717) is 10.0 Å². The number of phenols is 1. The minimum absolute atomic E-state index is 0.0469. The second-order valence-corrected chi connectivity index (χ2v) is 4.21. The van der Waals surface area contributed by atoms with E-state index in [9.17, 15) is 18.3 Å². The SMILES string of the molecule is COc1cc(CNOCC(F)(F)F)cc(Br)c1O. The van der Waals surface area contributed by atoms with Gasteiger partial charge in [0.2, 0.25) is 0 Å². The normalized spacial score (nSPS) is 11.6. The number of hydrogen-bond acceptors (Lipinski definition) is 4. The van der Waals surface area contributed by atoms with Gasteiger partial charge >= 0.3 is 6.18 Å². The predicted octanol–water partition coefficient (Wildman–Crippen LogP) is 2.75. The standard InChI is InChI=1S/C10H11BrF3NO3/c1-17-8-3-6(2-7(11)9(8)16)4-15-18-5-10(12,13)14/h2-3,15-16H,4-5H2,1H3. The van der Waals surface area contributed by atoms with E-state index >= 15 is 0 Å². The lowest BCUT2D eigenvalue weighted by molar-refractivity contribution is -0.190. The largest absolute Gasteiger partial charge is 0.503 e. The molecular weight excluding hydrogens is 319 g/mol. The Morgan fingerprint density at radius 3 is 2.61 bits per heavy atom. The molecule has 0 saturated carbocycles. The molecule has 0 unspecified atom stereocenters. The zero-order chi connectivity index (χ0) is 13.8. The lowest BCUT2D eigenvalue weighted by atomic mass is 10.2. The Morgan fingerprint density at radius 2 is 2.06 bits per heavy atom. The Kier molecular flexibility index (Phi) is 5.24. The van der Waals surface area contributed by atoms with Crippen LogP contribution >= 0.6 is 15.9 Å². The lowest BCUT2D eigenvalue weighted by Crippen LogP contribution is -2.24. The third kappa shape index (κ3) is 4.71. The maximum absolute atomic E-state index is 11.8. The van der Waals surface area contributed by atoms with Crippen molar-refractivity contribution in [3.8, 4) is 11.5 Å². The molecule has 0 atom stereocenters. The minimum atomic E-state index is -4.37. The number of hydroxylamine groups is 1. The van der Waals surface area contributed by atoms with Crippen LogP contribution in [0.5, 0.6) is 11.5 Å². The van der Waals surface area contributed by atoms with Crippen LogP contribution in [-0.2, 0) is 11.4 Å². The van der Waals surface area contributed by atoms with Crippen molar-refractivity contribution >= 4 is 15.9 Å². The van der Waals surface area contributed by atoms with Gasteiger partial charge in [-0.05, 0) is 33.6 Å². The fourth-order valence-electron chi connectivity index (χ4n) is 1.15. The van der Waals surface area contributed by atoms with Crippen molar-refractivity contribution in [3.63, 3.8) is 0 Å². The molecule has 0 aliphatic rings. The zero-order valence-electron chi connectivity index (χ0n) is 9.34. The van der Waals surface area contributed by atoms with Crippen LogP contribution in [0.4, 0.5) is 13.2 Å². The third-order valence-electron chi connectivity index (χ3n) is 1.92. The van der Waals surface area contributed by atoms with Gasteiger partial charge in [0.15, 0.2) is 18.1 Å². The van der Waals surface area contributed by atoms with E-state index in [0.717, 1.165) is 0 Å². The van der Waals surface area contributed by atoms with Crippen LogP contribution in [0.1, 0.15) is 5.56 Å². The summed E-state index contributed by atoms with van der Waals surface area (Å²) in [6.07, 6.45) is -4.37. The van der Waals surface area contributed by atoms with Gasteiger partial charge in [0.05, 0.1) is 11.6 Å². The summed E-state index contributed by atoms with van der Waals surface area (Å²) in [5.41, 5.74) is 2.77. The van der Waals surface area contributed by atoms with Crippen LogP contribution < -0.4 is 10.2 Å². The van der Waals surface area contributed by atoms with Crippen LogP contribution in [0, 0.1) is 0 Å². The molecule has 0 aromatic heterocycles. The van der Waals surface area contributed by atoms with Crippen molar-refractivity contribution < 1.29 is 27.9 Å². The molecule has 2 N–H and O–H groups in total. The fraction of sp³-hybridized carbons (Fsp3) is 0.400. The summed E-state index contributed by atoms with van der Waals surface area (Å²) in [6, 6.07) is 3.03. The van der Waals surface area contributed by atoms with Crippen LogP contribution in [0.25, 0.3) is 0 Å². The molecule has 0 aliphatic heterocycles. The van der Waals surface area contributed by atoms with Gasteiger partial charge in [0.1, 0.15) is 0 Å². The summed E-state index contributed by atoms with van der Waals surface area (Å²) >= 11 is 3.10. The van der Waals surface area contributed by atoms with Gasteiger partial charge in [0, 0.05) is 6.54 Å². The number of benzene rings is 1. The first-order valence-electron chi connectivity index (χ1n) is 4.80. The van der Waals surface area contributed by atoms with Gasteiger partial charge in [0.25, 0.3) is 0 Å². The molecule has 18 heavy (non-hydrogen) atoms. The summed E-state index contributed by atoms with van der Waals surface area (Å²) in [4.78, 5) is 4.25.